The average Bonchev–Trinajstić information content (AvgIpc) is 3.46. The summed E-state index contributed by atoms with van der Waals surface area (Å²) in [6, 6.07) is 27.8. The summed E-state index contributed by atoms with van der Waals surface area (Å²) < 4.78 is 101. The summed E-state index contributed by atoms with van der Waals surface area (Å²) in [5, 5.41) is 0. The first-order valence-corrected chi connectivity index (χ1v) is 16.5. The normalized spacial score (nSPS) is 13.3. The van der Waals surface area contributed by atoms with Crippen molar-refractivity contribution >= 4 is 0 Å². The van der Waals surface area contributed by atoms with E-state index >= 15 is 0 Å². The molecule has 0 amide bonds. The first kappa shape index (κ1) is 38.2. The first-order valence-electron chi connectivity index (χ1n) is 16.5. The molecule has 0 spiro atoms. The Kier molecular flexibility index (Phi) is 12.5. The Labute approximate surface area is 297 Å². The SMILES string of the molecule is CN(CCC(Oc1ccc(C(F)(F)F)cc1)c1ccccc1)Cc1oc(=O)oc1CN(C)CCC(Oc1ccc(C(F)(F)F)cc1)c1ccccc1. The van der Waals surface area contributed by atoms with Gasteiger partial charge in [0.2, 0.25) is 0 Å². The number of nitrogens with zero attached hydrogens (tertiary/aromatic N) is 2. The van der Waals surface area contributed by atoms with Gasteiger partial charge in [-0.2, -0.15) is 26.3 Å². The molecule has 1 aromatic heterocycles. The third kappa shape index (κ3) is 11.0. The Bertz CT molecular complexity index is 1740. The molecule has 0 saturated carbocycles. The number of ether oxygens (including phenoxy) is 2. The van der Waals surface area contributed by atoms with Crippen LogP contribution in [0.1, 0.15) is 58.8 Å². The van der Waals surface area contributed by atoms with E-state index < -0.39 is 41.5 Å². The largest absolute Gasteiger partial charge is 0.519 e. The molecule has 1 heterocycles. The van der Waals surface area contributed by atoms with Crippen LogP contribution < -0.4 is 15.3 Å². The van der Waals surface area contributed by atoms with Gasteiger partial charge in [-0.25, -0.2) is 4.79 Å². The van der Waals surface area contributed by atoms with Crippen molar-refractivity contribution in [2.45, 2.75) is 50.5 Å². The molecule has 0 aliphatic carbocycles. The van der Waals surface area contributed by atoms with E-state index in [0.717, 1.165) is 35.4 Å². The molecular weight excluding hydrogens is 690 g/mol. The minimum Gasteiger partial charge on any atom is -0.486 e. The average molecular weight is 729 g/mol. The molecule has 0 fully saturated rings. The molecule has 0 bridgehead atoms. The van der Waals surface area contributed by atoms with E-state index in [9.17, 15) is 31.1 Å². The highest BCUT2D eigenvalue weighted by Crippen LogP contribution is 2.33. The molecule has 5 aromatic rings. The van der Waals surface area contributed by atoms with Gasteiger partial charge in [0.1, 0.15) is 23.7 Å². The quantitative estimate of drug-likeness (QED) is 0.0938. The highest BCUT2D eigenvalue weighted by atomic mass is 19.4. The topological polar surface area (TPSA) is 68.3 Å². The smallest absolute Gasteiger partial charge is 0.486 e. The Morgan fingerprint density at radius 1 is 0.558 bits per heavy atom. The van der Waals surface area contributed by atoms with Gasteiger partial charge in [-0.05, 0) is 73.8 Å². The third-order valence-corrected chi connectivity index (χ3v) is 8.36. The van der Waals surface area contributed by atoms with Gasteiger partial charge in [0.15, 0.2) is 11.5 Å². The van der Waals surface area contributed by atoms with Gasteiger partial charge >= 0.3 is 18.2 Å². The van der Waals surface area contributed by atoms with Crippen LogP contribution >= 0.6 is 0 Å². The van der Waals surface area contributed by atoms with Crippen LogP contribution in [0.2, 0.25) is 0 Å². The van der Waals surface area contributed by atoms with Crippen molar-refractivity contribution in [1.82, 2.24) is 9.80 Å². The summed E-state index contributed by atoms with van der Waals surface area (Å²) in [6.45, 7) is 1.43. The second kappa shape index (κ2) is 17.0. The molecule has 2 atom stereocenters. The van der Waals surface area contributed by atoms with Crippen LogP contribution in [0.15, 0.2) is 123 Å². The van der Waals surface area contributed by atoms with Crippen molar-refractivity contribution in [2.75, 3.05) is 27.2 Å². The van der Waals surface area contributed by atoms with Crippen LogP contribution in [0.4, 0.5) is 26.3 Å². The van der Waals surface area contributed by atoms with E-state index in [1.54, 1.807) is 0 Å². The van der Waals surface area contributed by atoms with Crippen LogP contribution in [0, 0.1) is 0 Å². The molecule has 0 N–H and O–H groups in total. The minimum absolute atomic E-state index is 0.236. The van der Waals surface area contributed by atoms with Gasteiger partial charge in [-0.15, -0.1) is 0 Å². The maximum atomic E-state index is 13.1. The number of hydrogen-bond acceptors (Lipinski definition) is 7. The summed E-state index contributed by atoms with van der Waals surface area (Å²) in [4.78, 5) is 16.1. The Hall–Kier alpha value is -5.01. The number of halogens is 6. The maximum Gasteiger partial charge on any atom is 0.519 e. The van der Waals surface area contributed by atoms with E-state index in [2.05, 4.69) is 0 Å². The van der Waals surface area contributed by atoms with Gasteiger partial charge in [0.25, 0.3) is 0 Å². The zero-order chi connectivity index (χ0) is 37.3. The maximum absolute atomic E-state index is 13.1. The second-order valence-electron chi connectivity index (χ2n) is 12.4. The Morgan fingerprint density at radius 3 is 1.23 bits per heavy atom. The predicted octanol–water partition coefficient (Wildman–Crippen LogP) is 9.55. The van der Waals surface area contributed by atoms with Crippen LogP contribution in [-0.2, 0) is 25.4 Å². The summed E-state index contributed by atoms with van der Waals surface area (Å²) >= 11 is 0. The number of benzene rings is 4. The Balaban J connectivity index is 1.19. The molecule has 13 heteroatoms. The molecule has 7 nitrogen and oxygen atoms in total. The van der Waals surface area contributed by atoms with E-state index in [1.165, 1.54) is 24.3 Å². The molecule has 52 heavy (non-hydrogen) atoms. The lowest BCUT2D eigenvalue weighted by Gasteiger charge is -2.24. The first-order chi connectivity index (χ1) is 24.7. The molecule has 2 unspecified atom stereocenters. The van der Waals surface area contributed by atoms with Crippen LogP contribution in [-0.4, -0.2) is 37.0 Å². The zero-order valence-corrected chi connectivity index (χ0v) is 28.5. The summed E-state index contributed by atoms with van der Waals surface area (Å²) in [6.07, 6.45) is -8.90. The summed E-state index contributed by atoms with van der Waals surface area (Å²) in [5.41, 5.74) is 0.177. The van der Waals surface area contributed by atoms with Gasteiger partial charge < -0.3 is 18.3 Å². The standard InChI is InChI=1S/C39H38F6N2O5/c1-46(23-21-33(27-9-5-3-6-10-27)49-31-17-13-29(14-18-31)38(40,41)42)25-35-36(52-37(48)51-35)26-47(2)24-22-34(28-11-7-4-8-12-28)50-32-19-15-30(16-20-32)39(43,44)45/h3-20,33-34H,21-26H2,1-2H3. The third-order valence-electron chi connectivity index (χ3n) is 8.36. The molecule has 5 rings (SSSR count). The van der Waals surface area contributed by atoms with Gasteiger partial charge in [0.05, 0.1) is 24.2 Å². The molecule has 276 valence electrons. The van der Waals surface area contributed by atoms with Gasteiger partial charge in [0, 0.05) is 25.9 Å². The molecule has 0 saturated heterocycles. The molecule has 0 aliphatic heterocycles. The lowest BCUT2D eigenvalue weighted by atomic mass is 10.1. The van der Waals surface area contributed by atoms with Crippen molar-refractivity contribution in [1.29, 1.82) is 0 Å². The van der Waals surface area contributed by atoms with Crippen molar-refractivity contribution in [3.63, 3.8) is 0 Å². The summed E-state index contributed by atoms with van der Waals surface area (Å²) in [5.74, 6) is 0.456. The number of hydrogen-bond donors (Lipinski definition) is 0. The van der Waals surface area contributed by atoms with E-state index in [4.69, 9.17) is 18.3 Å². The molecular formula is C39H38F6N2O5. The lowest BCUT2D eigenvalue weighted by molar-refractivity contribution is -0.138. The summed E-state index contributed by atoms with van der Waals surface area (Å²) in [7, 11) is 3.67. The van der Waals surface area contributed by atoms with Crippen LogP contribution in [0.25, 0.3) is 0 Å². The van der Waals surface area contributed by atoms with E-state index in [-0.39, 0.29) is 13.1 Å². The van der Waals surface area contributed by atoms with E-state index in [0.29, 0.717) is 49.0 Å². The second-order valence-corrected chi connectivity index (χ2v) is 12.4. The fourth-order valence-corrected chi connectivity index (χ4v) is 5.60. The van der Waals surface area contributed by atoms with Gasteiger partial charge in [-0.3, -0.25) is 9.80 Å². The molecule has 4 aromatic carbocycles. The predicted molar refractivity (Wildman–Crippen MR) is 182 cm³/mol. The highest BCUT2D eigenvalue weighted by molar-refractivity contribution is 5.31. The van der Waals surface area contributed by atoms with Crippen LogP contribution in [0.5, 0.6) is 11.5 Å². The van der Waals surface area contributed by atoms with Crippen molar-refractivity contribution in [3.8, 4) is 11.5 Å². The van der Waals surface area contributed by atoms with Gasteiger partial charge in [-0.1, -0.05) is 60.7 Å². The van der Waals surface area contributed by atoms with Crippen LogP contribution in [0.3, 0.4) is 0 Å². The fourth-order valence-electron chi connectivity index (χ4n) is 5.60. The molecule has 0 aliphatic rings. The van der Waals surface area contributed by atoms with Crippen molar-refractivity contribution in [2.24, 2.45) is 0 Å². The lowest BCUT2D eigenvalue weighted by Crippen LogP contribution is -2.25. The number of rotatable bonds is 16. The monoisotopic (exact) mass is 728 g/mol. The zero-order valence-electron chi connectivity index (χ0n) is 28.5. The Morgan fingerprint density at radius 2 is 0.904 bits per heavy atom. The minimum atomic E-state index is -4.45. The van der Waals surface area contributed by atoms with E-state index in [1.807, 2.05) is 84.6 Å². The fraction of sp³-hybridized carbons (Fsp3) is 0.308. The van der Waals surface area contributed by atoms with Crippen molar-refractivity contribution in [3.05, 3.63) is 154 Å². The number of alkyl halides is 6. The molecule has 0 radical (unpaired) electrons. The van der Waals surface area contributed by atoms with Crippen molar-refractivity contribution < 1.29 is 44.7 Å². The highest BCUT2D eigenvalue weighted by Gasteiger charge is 2.31.